The number of hydrogen-bond donors (Lipinski definition) is 0. The molecular formula is C17H29BS. The average Bonchev–Trinajstić information content (AvgIpc) is 2.69. The maximum absolute atomic E-state index is 6.34. The first-order valence-electron chi connectivity index (χ1n) is 8.16. The van der Waals surface area contributed by atoms with Crippen LogP contribution in [0.4, 0.5) is 0 Å². The van der Waals surface area contributed by atoms with E-state index in [9.17, 15) is 0 Å². The fourth-order valence-electron chi connectivity index (χ4n) is 3.80. The van der Waals surface area contributed by atoms with E-state index in [0.717, 1.165) is 11.2 Å². The normalized spacial score (nSPS) is 33.3. The first-order valence-corrected chi connectivity index (χ1v) is 9.04. The van der Waals surface area contributed by atoms with E-state index < -0.39 is 0 Å². The maximum Gasteiger partial charge on any atom is 0.0700 e. The molecule has 2 aliphatic rings. The van der Waals surface area contributed by atoms with E-state index in [-0.39, 0.29) is 0 Å². The van der Waals surface area contributed by atoms with Crippen molar-refractivity contribution in [2.75, 3.05) is 0 Å². The minimum atomic E-state index is 0.429. The average molecular weight is 276 g/mol. The zero-order valence-corrected chi connectivity index (χ0v) is 13.9. The van der Waals surface area contributed by atoms with Crippen molar-refractivity contribution >= 4 is 19.6 Å². The first kappa shape index (κ1) is 15.5. The summed E-state index contributed by atoms with van der Waals surface area (Å²) >= 11 is 2.17. The molecule has 0 aromatic carbocycles. The second kappa shape index (κ2) is 6.74. The van der Waals surface area contributed by atoms with Crippen molar-refractivity contribution in [3.8, 4) is 0 Å². The summed E-state index contributed by atoms with van der Waals surface area (Å²) < 4.78 is 0. The molecule has 0 N–H and O–H groups in total. The summed E-state index contributed by atoms with van der Waals surface area (Å²) in [6.07, 6.45) is 7.97. The molecule has 1 saturated carbocycles. The van der Waals surface area contributed by atoms with Gasteiger partial charge in [-0.1, -0.05) is 64.8 Å². The molecule has 0 aromatic heterocycles. The van der Waals surface area contributed by atoms with Gasteiger partial charge in [0.25, 0.3) is 0 Å². The van der Waals surface area contributed by atoms with Gasteiger partial charge in [0, 0.05) is 5.25 Å². The molecule has 2 heteroatoms. The predicted octanol–water partition coefficient (Wildman–Crippen LogP) is 5.60. The van der Waals surface area contributed by atoms with E-state index in [1.54, 1.807) is 10.5 Å². The standard InChI is InChI=1S/C17H29BS/c1-11(2)16-14-9-7-5-6-8-13(18)10-15(14)19-17(16)12(3)4/h11-15H,5-10H2,1-4H3. The van der Waals surface area contributed by atoms with Gasteiger partial charge in [0.15, 0.2) is 0 Å². The molecule has 0 bridgehead atoms. The van der Waals surface area contributed by atoms with Crippen molar-refractivity contribution in [2.45, 2.75) is 77.3 Å². The topological polar surface area (TPSA) is 0 Å². The van der Waals surface area contributed by atoms with Crippen molar-refractivity contribution in [3.05, 3.63) is 10.5 Å². The molecule has 3 atom stereocenters. The van der Waals surface area contributed by atoms with Crippen LogP contribution in [0.1, 0.15) is 66.2 Å². The summed E-state index contributed by atoms with van der Waals surface area (Å²) in [7, 11) is 6.34. The highest BCUT2D eigenvalue weighted by Crippen LogP contribution is 2.52. The van der Waals surface area contributed by atoms with Gasteiger partial charge >= 0.3 is 0 Å². The first-order chi connectivity index (χ1) is 9.00. The van der Waals surface area contributed by atoms with E-state index in [1.165, 1.54) is 38.5 Å². The van der Waals surface area contributed by atoms with Gasteiger partial charge < -0.3 is 0 Å². The Bertz CT molecular complexity index is 332. The highest BCUT2D eigenvalue weighted by molar-refractivity contribution is 8.04. The molecule has 0 amide bonds. The molecule has 0 spiro atoms. The molecule has 0 aromatic rings. The van der Waals surface area contributed by atoms with Crippen LogP contribution in [0.25, 0.3) is 0 Å². The fourth-order valence-corrected chi connectivity index (χ4v) is 5.71. The molecule has 1 fully saturated rings. The van der Waals surface area contributed by atoms with Crippen LogP contribution in [-0.4, -0.2) is 13.1 Å². The van der Waals surface area contributed by atoms with E-state index >= 15 is 0 Å². The molecule has 19 heavy (non-hydrogen) atoms. The quantitative estimate of drug-likeness (QED) is 0.592. The van der Waals surface area contributed by atoms with Crippen LogP contribution in [0.2, 0.25) is 5.82 Å². The SMILES string of the molecule is [B]C1CCCCCC2C(C(C)C)=C(C(C)C)SC2C1. The highest BCUT2D eigenvalue weighted by Gasteiger charge is 2.37. The fraction of sp³-hybridized carbons (Fsp3) is 0.882. The molecule has 0 nitrogen and oxygen atoms in total. The van der Waals surface area contributed by atoms with Crippen molar-refractivity contribution in [3.63, 3.8) is 0 Å². The van der Waals surface area contributed by atoms with E-state index in [2.05, 4.69) is 39.5 Å². The lowest BCUT2D eigenvalue weighted by Gasteiger charge is -2.25. The third kappa shape index (κ3) is 3.62. The lowest BCUT2D eigenvalue weighted by Crippen LogP contribution is -2.18. The number of allylic oxidation sites excluding steroid dienone is 2. The lowest BCUT2D eigenvalue weighted by molar-refractivity contribution is 0.467. The maximum atomic E-state index is 6.34. The van der Waals surface area contributed by atoms with Gasteiger partial charge in [0.1, 0.15) is 0 Å². The number of rotatable bonds is 2. The van der Waals surface area contributed by atoms with E-state index in [1.807, 2.05) is 0 Å². The van der Waals surface area contributed by atoms with E-state index in [0.29, 0.717) is 17.7 Å². The van der Waals surface area contributed by atoms with Gasteiger partial charge in [-0.2, -0.15) is 0 Å². The zero-order valence-electron chi connectivity index (χ0n) is 13.1. The van der Waals surface area contributed by atoms with Crippen LogP contribution < -0.4 is 0 Å². The predicted molar refractivity (Wildman–Crippen MR) is 88.8 cm³/mol. The molecule has 0 saturated heterocycles. The second-order valence-corrected chi connectivity index (χ2v) is 8.31. The van der Waals surface area contributed by atoms with Crippen LogP contribution in [0.15, 0.2) is 10.5 Å². The summed E-state index contributed by atoms with van der Waals surface area (Å²) in [5.41, 5.74) is 1.78. The summed E-state index contributed by atoms with van der Waals surface area (Å²) in [5.74, 6) is 2.63. The number of thioether (sulfide) groups is 1. The molecule has 1 heterocycles. The minimum absolute atomic E-state index is 0.429. The molecular weight excluding hydrogens is 247 g/mol. The molecule has 1 aliphatic heterocycles. The van der Waals surface area contributed by atoms with Crippen LogP contribution in [0.5, 0.6) is 0 Å². The Hall–Kier alpha value is 0.155. The number of fused-ring (bicyclic) bond motifs is 1. The summed E-state index contributed by atoms with van der Waals surface area (Å²) in [6.45, 7) is 9.48. The number of hydrogen-bond acceptors (Lipinski definition) is 1. The Balaban J connectivity index is 2.23. The highest BCUT2D eigenvalue weighted by atomic mass is 32.2. The third-order valence-corrected chi connectivity index (χ3v) is 6.47. The van der Waals surface area contributed by atoms with Crippen molar-refractivity contribution in [1.82, 2.24) is 0 Å². The Labute approximate surface area is 125 Å². The van der Waals surface area contributed by atoms with Gasteiger partial charge in [0.2, 0.25) is 0 Å². The van der Waals surface area contributed by atoms with Crippen LogP contribution >= 0.6 is 11.8 Å². The smallest absolute Gasteiger partial charge is 0.0700 e. The molecule has 1 aliphatic carbocycles. The Morgan fingerprint density at radius 3 is 2.32 bits per heavy atom. The summed E-state index contributed by atoms with van der Waals surface area (Å²) in [6, 6.07) is 0. The van der Waals surface area contributed by atoms with Gasteiger partial charge in [-0.3, -0.25) is 0 Å². The Morgan fingerprint density at radius 1 is 1.00 bits per heavy atom. The molecule has 3 unspecified atom stereocenters. The zero-order chi connectivity index (χ0) is 14.0. The molecule has 106 valence electrons. The van der Waals surface area contributed by atoms with Gasteiger partial charge in [0.05, 0.1) is 7.85 Å². The largest absolute Gasteiger partial charge is 0.126 e. The summed E-state index contributed by atoms with van der Waals surface area (Å²) in [5, 5.41) is 0.767. The monoisotopic (exact) mass is 276 g/mol. The van der Waals surface area contributed by atoms with Crippen molar-refractivity contribution in [2.24, 2.45) is 17.8 Å². The Morgan fingerprint density at radius 2 is 1.68 bits per heavy atom. The van der Waals surface area contributed by atoms with Crippen LogP contribution in [0.3, 0.4) is 0 Å². The van der Waals surface area contributed by atoms with Gasteiger partial charge in [-0.05, 0) is 35.5 Å². The van der Waals surface area contributed by atoms with Crippen molar-refractivity contribution in [1.29, 1.82) is 0 Å². The van der Waals surface area contributed by atoms with E-state index in [4.69, 9.17) is 7.85 Å². The van der Waals surface area contributed by atoms with Crippen LogP contribution in [0, 0.1) is 17.8 Å². The minimum Gasteiger partial charge on any atom is -0.126 e. The van der Waals surface area contributed by atoms with Crippen molar-refractivity contribution < 1.29 is 0 Å². The summed E-state index contributed by atoms with van der Waals surface area (Å²) in [4.78, 5) is 1.69. The third-order valence-electron chi connectivity index (χ3n) is 4.68. The Kier molecular flexibility index (Phi) is 5.51. The lowest BCUT2D eigenvalue weighted by atomic mass is 9.76. The van der Waals surface area contributed by atoms with Gasteiger partial charge in [-0.15, -0.1) is 11.8 Å². The second-order valence-electron chi connectivity index (χ2n) is 7.03. The molecule has 2 rings (SSSR count). The van der Waals surface area contributed by atoms with Gasteiger partial charge in [-0.25, -0.2) is 0 Å². The molecule has 2 radical (unpaired) electrons. The van der Waals surface area contributed by atoms with Crippen LogP contribution in [-0.2, 0) is 0 Å².